The van der Waals surface area contributed by atoms with Crippen LogP contribution in [0, 0.1) is 6.92 Å². The number of nitrogens with one attached hydrogen (secondary N) is 1. The standard InChI is InChI=1S/C13H17N3O3S2/c1-8-6-11(19-3)12(7-10(8)14)21(17,18)16-9(2)13-15-4-5-20-13/h4-7,9,16H,14H2,1-3H3. The molecule has 0 saturated heterocycles. The van der Waals surface area contributed by atoms with Gasteiger partial charge in [-0.05, 0) is 31.5 Å². The van der Waals surface area contributed by atoms with Crippen LogP contribution in [0.25, 0.3) is 0 Å². The van der Waals surface area contributed by atoms with Gasteiger partial charge in [-0.25, -0.2) is 18.1 Å². The molecule has 0 fully saturated rings. The average Bonchev–Trinajstić information content (AvgIpc) is 2.94. The van der Waals surface area contributed by atoms with Crippen molar-refractivity contribution in [3.05, 3.63) is 34.3 Å². The Morgan fingerprint density at radius 2 is 2.14 bits per heavy atom. The lowest BCUT2D eigenvalue weighted by Gasteiger charge is -2.15. The van der Waals surface area contributed by atoms with Gasteiger partial charge in [0.15, 0.2) is 0 Å². The Labute approximate surface area is 128 Å². The van der Waals surface area contributed by atoms with Crippen LogP contribution in [0.3, 0.4) is 0 Å². The number of nitrogens with zero attached hydrogens (tertiary/aromatic N) is 1. The Morgan fingerprint density at radius 1 is 1.43 bits per heavy atom. The highest BCUT2D eigenvalue weighted by atomic mass is 32.2. The molecular weight excluding hydrogens is 310 g/mol. The number of anilines is 1. The fraction of sp³-hybridized carbons (Fsp3) is 0.308. The van der Waals surface area contributed by atoms with Gasteiger partial charge in [-0.1, -0.05) is 0 Å². The number of sulfonamides is 1. The molecule has 1 atom stereocenters. The Hall–Kier alpha value is -1.64. The lowest BCUT2D eigenvalue weighted by molar-refractivity contribution is 0.402. The third-order valence-electron chi connectivity index (χ3n) is 3.00. The first-order valence-corrected chi connectivity index (χ1v) is 8.57. The number of ether oxygens (including phenoxy) is 1. The molecule has 114 valence electrons. The number of rotatable bonds is 5. The second kappa shape index (κ2) is 6.00. The molecule has 1 aromatic carbocycles. The summed E-state index contributed by atoms with van der Waals surface area (Å²) in [5.41, 5.74) is 6.97. The van der Waals surface area contributed by atoms with Crippen molar-refractivity contribution in [3.63, 3.8) is 0 Å². The summed E-state index contributed by atoms with van der Waals surface area (Å²) in [7, 11) is -2.33. The van der Waals surface area contributed by atoms with E-state index in [4.69, 9.17) is 10.5 Å². The maximum absolute atomic E-state index is 12.5. The zero-order chi connectivity index (χ0) is 15.6. The first-order chi connectivity index (χ1) is 9.85. The van der Waals surface area contributed by atoms with Crippen LogP contribution >= 0.6 is 11.3 Å². The lowest BCUT2D eigenvalue weighted by Crippen LogP contribution is -2.27. The average molecular weight is 327 g/mol. The third kappa shape index (κ3) is 3.34. The summed E-state index contributed by atoms with van der Waals surface area (Å²) in [4.78, 5) is 4.13. The molecule has 8 heteroatoms. The number of aryl methyl sites for hydroxylation is 1. The maximum atomic E-state index is 12.5. The summed E-state index contributed by atoms with van der Waals surface area (Å²) in [5, 5.41) is 2.49. The maximum Gasteiger partial charge on any atom is 0.244 e. The monoisotopic (exact) mass is 327 g/mol. The zero-order valence-electron chi connectivity index (χ0n) is 12.0. The van der Waals surface area contributed by atoms with E-state index >= 15 is 0 Å². The first kappa shape index (κ1) is 15.7. The summed E-state index contributed by atoms with van der Waals surface area (Å²) >= 11 is 1.39. The van der Waals surface area contributed by atoms with Crippen LogP contribution in [0.15, 0.2) is 28.6 Å². The number of nitrogen functional groups attached to an aromatic ring is 1. The van der Waals surface area contributed by atoms with Crippen LogP contribution in [0.1, 0.15) is 23.5 Å². The van der Waals surface area contributed by atoms with Gasteiger partial charge in [0, 0.05) is 17.3 Å². The Balaban J connectivity index is 2.38. The number of aromatic nitrogens is 1. The number of hydrogen-bond donors (Lipinski definition) is 2. The Kier molecular flexibility index (Phi) is 4.50. The van der Waals surface area contributed by atoms with Gasteiger partial charge in [-0.15, -0.1) is 11.3 Å². The summed E-state index contributed by atoms with van der Waals surface area (Å²) in [6.07, 6.45) is 1.63. The molecule has 0 aliphatic carbocycles. The van der Waals surface area contributed by atoms with Crippen LogP contribution in [0.2, 0.25) is 0 Å². The molecule has 0 amide bonds. The van der Waals surface area contributed by atoms with Gasteiger partial charge in [-0.3, -0.25) is 0 Å². The van der Waals surface area contributed by atoms with E-state index < -0.39 is 16.1 Å². The first-order valence-electron chi connectivity index (χ1n) is 6.21. The summed E-state index contributed by atoms with van der Waals surface area (Å²) in [6, 6.07) is 2.59. The van der Waals surface area contributed by atoms with Gasteiger partial charge in [0.1, 0.15) is 15.7 Å². The third-order valence-corrected chi connectivity index (χ3v) is 5.52. The van der Waals surface area contributed by atoms with Gasteiger partial charge in [0.25, 0.3) is 0 Å². The predicted octanol–water partition coefficient (Wildman–Crippen LogP) is 2.08. The highest BCUT2D eigenvalue weighted by Crippen LogP contribution is 2.30. The topological polar surface area (TPSA) is 94.3 Å². The SMILES string of the molecule is COc1cc(C)c(N)cc1S(=O)(=O)NC(C)c1nccs1. The van der Waals surface area contributed by atoms with Gasteiger partial charge < -0.3 is 10.5 Å². The van der Waals surface area contributed by atoms with Crippen LogP contribution in [0.5, 0.6) is 5.75 Å². The quantitative estimate of drug-likeness (QED) is 0.820. The number of hydrogen-bond acceptors (Lipinski definition) is 6. The molecule has 1 heterocycles. The molecule has 1 aromatic heterocycles. The van der Waals surface area contributed by atoms with Crippen LogP contribution in [-0.2, 0) is 10.0 Å². The van der Waals surface area contributed by atoms with Crippen molar-refractivity contribution in [1.29, 1.82) is 0 Å². The lowest BCUT2D eigenvalue weighted by atomic mass is 10.2. The zero-order valence-corrected chi connectivity index (χ0v) is 13.6. The molecule has 0 spiro atoms. The van der Waals surface area contributed by atoms with Crippen molar-refractivity contribution in [2.75, 3.05) is 12.8 Å². The minimum Gasteiger partial charge on any atom is -0.495 e. The summed E-state index contributed by atoms with van der Waals surface area (Å²) < 4.78 is 32.8. The van der Waals surface area contributed by atoms with Gasteiger partial charge in [-0.2, -0.15) is 0 Å². The fourth-order valence-electron chi connectivity index (χ4n) is 1.84. The number of methoxy groups -OCH3 is 1. The Morgan fingerprint density at radius 3 is 2.71 bits per heavy atom. The molecule has 0 aliphatic rings. The second-order valence-corrected chi connectivity index (χ2v) is 7.18. The molecule has 2 rings (SSSR count). The van der Waals surface area contributed by atoms with Gasteiger partial charge in [0.2, 0.25) is 10.0 Å². The van der Waals surface area contributed by atoms with Crippen molar-refractivity contribution >= 4 is 27.0 Å². The van der Waals surface area contributed by atoms with Crippen LogP contribution < -0.4 is 15.2 Å². The highest BCUT2D eigenvalue weighted by molar-refractivity contribution is 7.89. The van der Waals surface area contributed by atoms with Crippen molar-refractivity contribution in [2.24, 2.45) is 0 Å². The number of benzene rings is 1. The van der Waals surface area contributed by atoms with Crippen molar-refractivity contribution < 1.29 is 13.2 Å². The van der Waals surface area contributed by atoms with Crippen molar-refractivity contribution in [3.8, 4) is 5.75 Å². The molecule has 0 aliphatic heterocycles. The van der Waals surface area contributed by atoms with Crippen LogP contribution in [-0.4, -0.2) is 20.5 Å². The van der Waals surface area contributed by atoms with E-state index in [-0.39, 0.29) is 10.6 Å². The molecule has 3 N–H and O–H groups in total. The van der Waals surface area contributed by atoms with E-state index in [1.165, 1.54) is 24.5 Å². The molecule has 1 unspecified atom stereocenters. The molecule has 2 aromatic rings. The predicted molar refractivity (Wildman–Crippen MR) is 83.0 cm³/mol. The normalized spacial score (nSPS) is 13.1. The van der Waals surface area contributed by atoms with E-state index in [1.807, 2.05) is 0 Å². The fourth-order valence-corrected chi connectivity index (χ4v) is 3.96. The largest absolute Gasteiger partial charge is 0.495 e. The van der Waals surface area contributed by atoms with Crippen molar-refractivity contribution in [1.82, 2.24) is 9.71 Å². The van der Waals surface area contributed by atoms with E-state index in [9.17, 15) is 8.42 Å². The molecule has 21 heavy (non-hydrogen) atoms. The van der Waals surface area contributed by atoms with Crippen molar-refractivity contribution in [2.45, 2.75) is 24.8 Å². The molecule has 0 saturated carbocycles. The molecule has 0 radical (unpaired) electrons. The minimum atomic E-state index is -3.76. The van der Waals surface area contributed by atoms with E-state index in [0.29, 0.717) is 10.7 Å². The van der Waals surface area contributed by atoms with Gasteiger partial charge >= 0.3 is 0 Å². The minimum absolute atomic E-state index is 0.0245. The van der Waals surface area contributed by atoms with E-state index in [2.05, 4.69) is 9.71 Å². The number of thiazole rings is 1. The van der Waals surface area contributed by atoms with E-state index in [1.54, 1.807) is 31.5 Å². The highest BCUT2D eigenvalue weighted by Gasteiger charge is 2.24. The summed E-state index contributed by atoms with van der Waals surface area (Å²) in [5.74, 6) is 0.264. The smallest absolute Gasteiger partial charge is 0.244 e. The van der Waals surface area contributed by atoms with Gasteiger partial charge in [0.05, 0.1) is 13.2 Å². The van der Waals surface area contributed by atoms with Crippen LogP contribution in [0.4, 0.5) is 5.69 Å². The number of nitrogens with two attached hydrogens (primary N) is 1. The molecule has 6 nitrogen and oxygen atoms in total. The molecular formula is C13H17N3O3S2. The summed E-state index contributed by atoms with van der Waals surface area (Å²) in [6.45, 7) is 3.53. The Bertz CT molecular complexity index is 727. The van der Waals surface area contributed by atoms with E-state index in [0.717, 1.165) is 5.56 Å². The second-order valence-electron chi connectivity index (χ2n) is 4.57. The molecule has 0 bridgehead atoms.